The molecule has 2 aromatic rings. The lowest BCUT2D eigenvalue weighted by atomic mass is 10.0. The van der Waals surface area contributed by atoms with Gasteiger partial charge >= 0.3 is 0 Å². The largest absolute Gasteiger partial charge is 0.307 e. The van der Waals surface area contributed by atoms with E-state index in [1.54, 1.807) is 11.3 Å². The highest BCUT2D eigenvalue weighted by atomic mass is 32.1. The Kier molecular flexibility index (Phi) is 2.68. The standard InChI is InChI=1S/C13H15N3S/c1-8(2)12-10-5-14-6-11(10)15-13(16-12)9-3-4-17-7-9/h3-4,7-8,14H,5-6H2,1-2H3. The van der Waals surface area contributed by atoms with E-state index in [0.717, 1.165) is 24.5 Å². The summed E-state index contributed by atoms with van der Waals surface area (Å²) in [7, 11) is 0. The summed E-state index contributed by atoms with van der Waals surface area (Å²) in [6.45, 7) is 6.16. The fourth-order valence-corrected chi connectivity index (χ4v) is 2.83. The lowest BCUT2D eigenvalue weighted by Gasteiger charge is -2.11. The third kappa shape index (κ3) is 1.87. The molecule has 1 N–H and O–H groups in total. The third-order valence-electron chi connectivity index (χ3n) is 3.05. The van der Waals surface area contributed by atoms with Crippen LogP contribution in [0, 0.1) is 0 Å². The molecule has 3 rings (SSSR count). The Morgan fingerprint density at radius 3 is 2.88 bits per heavy atom. The molecular formula is C13H15N3S. The van der Waals surface area contributed by atoms with E-state index in [9.17, 15) is 0 Å². The Morgan fingerprint density at radius 1 is 1.29 bits per heavy atom. The van der Waals surface area contributed by atoms with Gasteiger partial charge in [-0.3, -0.25) is 0 Å². The highest BCUT2D eigenvalue weighted by Gasteiger charge is 2.20. The zero-order valence-electron chi connectivity index (χ0n) is 10.0. The Labute approximate surface area is 105 Å². The Morgan fingerprint density at radius 2 is 2.18 bits per heavy atom. The molecule has 17 heavy (non-hydrogen) atoms. The number of nitrogens with one attached hydrogen (secondary N) is 1. The SMILES string of the molecule is CC(C)c1nc(-c2ccsc2)nc2c1CNC2. The van der Waals surface area contributed by atoms with Crippen LogP contribution < -0.4 is 5.32 Å². The monoisotopic (exact) mass is 245 g/mol. The number of nitrogens with zero attached hydrogens (tertiary/aromatic N) is 2. The van der Waals surface area contributed by atoms with Gasteiger partial charge in [-0.2, -0.15) is 11.3 Å². The summed E-state index contributed by atoms with van der Waals surface area (Å²) in [6, 6.07) is 2.08. The minimum absolute atomic E-state index is 0.448. The van der Waals surface area contributed by atoms with Crippen LogP contribution in [0.25, 0.3) is 11.4 Å². The first-order chi connectivity index (χ1) is 8.25. The van der Waals surface area contributed by atoms with Crippen LogP contribution in [0.3, 0.4) is 0 Å². The molecule has 0 fully saturated rings. The van der Waals surface area contributed by atoms with Gasteiger partial charge in [0.25, 0.3) is 0 Å². The molecule has 1 aliphatic heterocycles. The molecule has 4 heteroatoms. The van der Waals surface area contributed by atoms with Gasteiger partial charge < -0.3 is 5.32 Å². The number of thiophene rings is 1. The minimum Gasteiger partial charge on any atom is -0.307 e. The van der Waals surface area contributed by atoms with Crippen molar-refractivity contribution in [3.63, 3.8) is 0 Å². The van der Waals surface area contributed by atoms with E-state index >= 15 is 0 Å². The van der Waals surface area contributed by atoms with Crippen LogP contribution in [0.2, 0.25) is 0 Å². The van der Waals surface area contributed by atoms with E-state index in [1.165, 1.54) is 17.0 Å². The first kappa shape index (κ1) is 10.9. The second-order valence-corrected chi connectivity index (χ2v) is 5.41. The third-order valence-corrected chi connectivity index (χ3v) is 3.73. The summed E-state index contributed by atoms with van der Waals surface area (Å²) in [5, 5.41) is 7.53. The summed E-state index contributed by atoms with van der Waals surface area (Å²) >= 11 is 1.69. The minimum atomic E-state index is 0.448. The molecule has 88 valence electrons. The summed E-state index contributed by atoms with van der Waals surface area (Å²) in [6.07, 6.45) is 0. The fraction of sp³-hybridized carbons (Fsp3) is 0.385. The average molecular weight is 245 g/mol. The van der Waals surface area contributed by atoms with Crippen molar-refractivity contribution in [2.45, 2.75) is 32.9 Å². The molecule has 1 aliphatic rings. The smallest absolute Gasteiger partial charge is 0.160 e. The summed E-state index contributed by atoms with van der Waals surface area (Å²) < 4.78 is 0. The maximum absolute atomic E-state index is 4.74. The maximum atomic E-state index is 4.74. The quantitative estimate of drug-likeness (QED) is 0.884. The molecule has 0 atom stereocenters. The van der Waals surface area contributed by atoms with Crippen molar-refractivity contribution < 1.29 is 0 Å². The van der Waals surface area contributed by atoms with E-state index in [2.05, 4.69) is 41.0 Å². The van der Waals surface area contributed by atoms with Crippen molar-refractivity contribution in [1.29, 1.82) is 0 Å². The van der Waals surface area contributed by atoms with Crippen LogP contribution in [0.1, 0.15) is 36.7 Å². The van der Waals surface area contributed by atoms with E-state index in [-0.39, 0.29) is 0 Å². The summed E-state index contributed by atoms with van der Waals surface area (Å²) in [5.41, 5.74) is 4.80. The van der Waals surface area contributed by atoms with Crippen molar-refractivity contribution in [2.75, 3.05) is 0 Å². The van der Waals surface area contributed by atoms with Crippen LogP contribution >= 0.6 is 11.3 Å². The van der Waals surface area contributed by atoms with Gasteiger partial charge in [0, 0.05) is 29.6 Å². The zero-order valence-corrected chi connectivity index (χ0v) is 10.8. The van der Waals surface area contributed by atoms with Gasteiger partial charge in [0.1, 0.15) is 0 Å². The Hall–Kier alpha value is -1.26. The highest BCUT2D eigenvalue weighted by Crippen LogP contribution is 2.27. The predicted octanol–water partition coefficient (Wildman–Crippen LogP) is 2.93. The molecule has 0 unspecified atom stereocenters. The van der Waals surface area contributed by atoms with Gasteiger partial charge in [-0.25, -0.2) is 9.97 Å². The molecule has 0 aliphatic carbocycles. The lowest BCUT2D eigenvalue weighted by Crippen LogP contribution is -2.05. The number of hydrogen-bond donors (Lipinski definition) is 1. The molecule has 2 aromatic heterocycles. The molecule has 0 radical (unpaired) electrons. The van der Waals surface area contributed by atoms with E-state index in [1.807, 2.05) is 0 Å². The number of rotatable bonds is 2. The van der Waals surface area contributed by atoms with Crippen molar-refractivity contribution in [3.8, 4) is 11.4 Å². The van der Waals surface area contributed by atoms with Crippen LogP contribution in [0.4, 0.5) is 0 Å². The van der Waals surface area contributed by atoms with Crippen molar-refractivity contribution in [1.82, 2.24) is 15.3 Å². The molecule has 0 saturated heterocycles. The summed E-state index contributed by atoms with van der Waals surface area (Å²) in [4.78, 5) is 9.41. The molecule has 0 bridgehead atoms. The van der Waals surface area contributed by atoms with Gasteiger partial charge in [-0.05, 0) is 17.4 Å². The van der Waals surface area contributed by atoms with Gasteiger partial charge in [0.05, 0.1) is 11.4 Å². The van der Waals surface area contributed by atoms with Crippen LogP contribution in [-0.2, 0) is 13.1 Å². The normalized spacial score (nSPS) is 14.3. The van der Waals surface area contributed by atoms with Gasteiger partial charge in [0.15, 0.2) is 5.82 Å². The lowest BCUT2D eigenvalue weighted by molar-refractivity contribution is 0.746. The molecule has 0 aromatic carbocycles. The molecule has 3 nitrogen and oxygen atoms in total. The summed E-state index contributed by atoms with van der Waals surface area (Å²) in [5.74, 6) is 1.32. The van der Waals surface area contributed by atoms with Crippen molar-refractivity contribution in [3.05, 3.63) is 33.8 Å². The van der Waals surface area contributed by atoms with Crippen LogP contribution in [0.5, 0.6) is 0 Å². The molecular weight excluding hydrogens is 230 g/mol. The van der Waals surface area contributed by atoms with Gasteiger partial charge in [-0.1, -0.05) is 13.8 Å². The molecule has 0 spiro atoms. The maximum Gasteiger partial charge on any atom is 0.160 e. The van der Waals surface area contributed by atoms with Crippen LogP contribution in [0.15, 0.2) is 16.8 Å². The topological polar surface area (TPSA) is 37.8 Å². The van der Waals surface area contributed by atoms with E-state index in [4.69, 9.17) is 4.98 Å². The van der Waals surface area contributed by atoms with Crippen molar-refractivity contribution >= 4 is 11.3 Å². The van der Waals surface area contributed by atoms with Gasteiger partial charge in [-0.15, -0.1) is 0 Å². The van der Waals surface area contributed by atoms with E-state index in [0.29, 0.717) is 5.92 Å². The molecule has 0 amide bonds. The van der Waals surface area contributed by atoms with Gasteiger partial charge in [0.2, 0.25) is 0 Å². The second kappa shape index (κ2) is 4.20. The van der Waals surface area contributed by atoms with Crippen LogP contribution in [-0.4, -0.2) is 9.97 Å². The molecule has 3 heterocycles. The van der Waals surface area contributed by atoms with Crippen molar-refractivity contribution in [2.24, 2.45) is 0 Å². The highest BCUT2D eigenvalue weighted by molar-refractivity contribution is 7.08. The first-order valence-electron chi connectivity index (χ1n) is 5.88. The molecule has 0 saturated carbocycles. The Balaban J connectivity index is 2.16. The predicted molar refractivity (Wildman–Crippen MR) is 70.0 cm³/mol. The first-order valence-corrected chi connectivity index (χ1v) is 6.83. The number of aromatic nitrogens is 2. The number of fused-ring (bicyclic) bond motifs is 1. The average Bonchev–Trinajstić information content (AvgIpc) is 2.98. The van der Waals surface area contributed by atoms with E-state index < -0.39 is 0 Å². The zero-order chi connectivity index (χ0) is 11.8. The Bertz CT molecular complexity index is 532. The fourth-order valence-electron chi connectivity index (χ4n) is 2.19. The second-order valence-electron chi connectivity index (χ2n) is 4.63. The number of hydrogen-bond acceptors (Lipinski definition) is 4.